The summed E-state index contributed by atoms with van der Waals surface area (Å²) in [5.74, 6) is -1.42. The quantitative estimate of drug-likeness (QED) is 0.531. The zero-order valence-electron chi connectivity index (χ0n) is 20.3. The molecule has 0 heterocycles. The van der Waals surface area contributed by atoms with Gasteiger partial charge >= 0.3 is 12.1 Å². The zero-order chi connectivity index (χ0) is 24.9. The molecular weight excluding hydrogens is 432 g/mol. The van der Waals surface area contributed by atoms with E-state index in [0.717, 1.165) is 11.1 Å². The van der Waals surface area contributed by atoms with Gasteiger partial charge in [-0.3, -0.25) is 4.79 Å². The molecule has 0 spiro atoms. The van der Waals surface area contributed by atoms with Gasteiger partial charge in [0.15, 0.2) is 0 Å². The lowest BCUT2D eigenvalue weighted by molar-refractivity contribution is -0.157. The number of nitrogens with zero attached hydrogens (tertiary/aromatic N) is 1. The van der Waals surface area contributed by atoms with Crippen LogP contribution in [0.4, 0.5) is 4.79 Å². The summed E-state index contributed by atoms with van der Waals surface area (Å²) in [5.41, 5.74) is 3.34. The molecule has 0 saturated heterocycles. The molecule has 2 aromatic carbocycles. The van der Waals surface area contributed by atoms with E-state index in [1.807, 2.05) is 31.2 Å². The molecule has 0 aliphatic heterocycles. The van der Waals surface area contributed by atoms with Crippen molar-refractivity contribution in [1.82, 2.24) is 10.2 Å². The van der Waals surface area contributed by atoms with Gasteiger partial charge in [-0.25, -0.2) is 9.59 Å². The number of rotatable bonds is 10. The molecule has 2 aromatic rings. The molecule has 1 aliphatic carbocycles. The predicted molar refractivity (Wildman–Crippen MR) is 131 cm³/mol. The number of alkyl carbamates (subject to hydrolysis) is 1. The molecule has 7 nitrogen and oxygen atoms in total. The molecule has 0 fully saturated rings. The van der Waals surface area contributed by atoms with Crippen LogP contribution >= 0.6 is 0 Å². The maximum absolute atomic E-state index is 12.8. The highest BCUT2D eigenvalue weighted by atomic mass is 16.5. The van der Waals surface area contributed by atoms with Crippen molar-refractivity contribution in [3.8, 4) is 11.1 Å². The third-order valence-electron chi connectivity index (χ3n) is 6.73. The Bertz CT molecular complexity index is 1000. The number of aliphatic carboxylic acids is 1. The highest BCUT2D eigenvalue weighted by molar-refractivity contribution is 5.86. The van der Waals surface area contributed by atoms with Gasteiger partial charge in [-0.1, -0.05) is 61.9 Å². The first-order valence-electron chi connectivity index (χ1n) is 11.8. The SMILES string of the molecule is CCC(CNC(=O)OCC1c2ccccc2-c2ccccc21)CC(=O)N(CC)C(C)(C)C(=O)O. The number of fused-ring (bicyclic) bond motifs is 3. The second kappa shape index (κ2) is 10.7. The molecule has 3 rings (SSSR count). The number of benzene rings is 2. The van der Waals surface area contributed by atoms with E-state index in [9.17, 15) is 19.5 Å². The summed E-state index contributed by atoms with van der Waals surface area (Å²) in [6.45, 7) is 7.55. The van der Waals surface area contributed by atoms with Crippen molar-refractivity contribution in [3.05, 3.63) is 59.7 Å². The van der Waals surface area contributed by atoms with E-state index in [4.69, 9.17) is 4.74 Å². The number of carboxylic acid groups (broad SMARTS) is 1. The van der Waals surface area contributed by atoms with Gasteiger partial charge in [-0.05, 0) is 48.9 Å². The molecule has 1 unspecified atom stereocenters. The largest absolute Gasteiger partial charge is 0.480 e. The molecule has 182 valence electrons. The Labute approximate surface area is 201 Å². The van der Waals surface area contributed by atoms with Gasteiger partial charge in [0.2, 0.25) is 5.91 Å². The maximum atomic E-state index is 12.8. The Balaban J connectivity index is 1.55. The lowest BCUT2D eigenvalue weighted by Gasteiger charge is -2.35. The van der Waals surface area contributed by atoms with Crippen LogP contribution in [0.15, 0.2) is 48.5 Å². The van der Waals surface area contributed by atoms with E-state index in [1.165, 1.54) is 29.9 Å². The summed E-state index contributed by atoms with van der Waals surface area (Å²) in [7, 11) is 0. The van der Waals surface area contributed by atoms with Crippen LogP contribution in [0.2, 0.25) is 0 Å². The van der Waals surface area contributed by atoms with Crippen LogP contribution in [0.25, 0.3) is 11.1 Å². The topological polar surface area (TPSA) is 95.9 Å². The van der Waals surface area contributed by atoms with E-state index < -0.39 is 17.6 Å². The van der Waals surface area contributed by atoms with Crippen molar-refractivity contribution in [2.75, 3.05) is 19.7 Å². The van der Waals surface area contributed by atoms with Crippen LogP contribution in [0.1, 0.15) is 57.6 Å². The van der Waals surface area contributed by atoms with Crippen LogP contribution in [-0.4, -0.2) is 53.2 Å². The third kappa shape index (κ3) is 5.24. The highest BCUT2D eigenvalue weighted by Crippen LogP contribution is 2.44. The van der Waals surface area contributed by atoms with Crippen LogP contribution in [0, 0.1) is 5.92 Å². The Morgan fingerprint density at radius 3 is 2.09 bits per heavy atom. The molecule has 0 saturated carbocycles. The summed E-state index contributed by atoms with van der Waals surface area (Å²) in [4.78, 5) is 38.2. The molecule has 0 radical (unpaired) electrons. The predicted octanol–water partition coefficient (Wildman–Crippen LogP) is 4.65. The Morgan fingerprint density at radius 1 is 1.03 bits per heavy atom. The minimum absolute atomic E-state index is 0.0157. The van der Waals surface area contributed by atoms with Crippen LogP contribution in [0.5, 0.6) is 0 Å². The fraction of sp³-hybridized carbons (Fsp3) is 0.444. The van der Waals surface area contributed by atoms with Crippen LogP contribution in [-0.2, 0) is 14.3 Å². The second-order valence-electron chi connectivity index (χ2n) is 9.19. The van der Waals surface area contributed by atoms with Gasteiger partial charge in [0.05, 0.1) is 0 Å². The number of carbonyl (C=O) groups is 3. The normalized spacial score (nSPS) is 13.5. The third-order valence-corrected chi connectivity index (χ3v) is 6.73. The fourth-order valence-electron chi connectivity index (χ4n) is 4.59. The van der Waals surface area contributed by atoms with E-state index >= 15 is 0 Å². The molecule has 34 heavy (non-hydrogen) atoms. The Hall–Kier alpha value is -3.35. The molecule has 2 amide bonds. The van der Waals surface area contributed by atoms with Crippen LogP contribution in [0.3, 0.4) is 0 Å². The highest BCUT2D eigenvalue weighted by Gasteiger charge is 2.37. The van der Waals surface area contributed by atoms with Gasteiger partial charge in [0.25, 0.3) is 0 Å². The number of hydrogen-bond donors (Lipinski definition) is 2. The number of hydrogen-bond acceptors (Lipinski definition) is 4. The average Bonchev–Trinajstić information content (AvgIpc) is 3.14. The van der Waals surface area contributed by atoms with Crippen molar-refractivity contribution in [2.24, 2.45) is 5.92 Å². The summed E-state index contributed by atoms with van der Waals surface area (Å²) in [6, 6.07) is 16.3. The van der Waals surface area contributed by atoms with E-state index in [2.05, 4.69) is 29.6 Å². The van der Waals surface area contributed by atoms with Crippen molar-refractivity contribution in [2.45, 2.75) is 52.0 Å². The van der Waals surface area contributed by atoms with Gasteiger partial charge in [0.1, 0.15) is 12.1 Å². The monoisotopic (exact) mass is 466 g/mol. The van der Waals surface area contributed by atoms with E-state index in [1.54, 1.807) is 6.92 Å². The van der Waals surface area contributed by atoms with Gasteiger partial charge in [-0.2, -0.15) is 0 Å². The number of nitrogens with one attached hydrogen (secondary N) is 1. The average molecular weight is 467 g/mol. The number of ether oxygens (including phenoxy) is 1. The fourth-order valence-corrected chi connectivity index (χ4v) is 4.59. The van der Waals surface area contributed by atoms with Crippen molar-refractivity contribution >= 4 is 18.0 Å². The van der Waals surface area contributed by atoms with Gasteiger partial charge in [0, 0.05) is 25.4 Å². The molecule has 1 atom stereocenters. The Kier molecular flexibility index (Phi) is 7.97. The first-order valence-corrected chi connectivity index (χ1v) is 11.8. The number of likely N-dealkylation sites (N-methyl/N-ethyl adjacent to an activating group) is 1. The maximum Gasteiger partial charge on any atom is 0.407 e. The van der Waals surface area contributed by atoms with Crippen molar-refractivity contribution in [3.63, 3.8) is 0 Å². The molecule has 0 bridgehead atoms. The van der Waals surface area contributed by atoms with Crippen molar-refractivity contribution < 1.29 is 24.2 Å². The molecule has 2 N–H and O–H groups in total. The van der Waals surface area contributed by atoms with E-state index in [0.29, 0.717) is 13.0 Å². The lowest BCUT2D eigenvalue weighted by Crippen LogP contribution is -2.53. The number of carboxylic acids is 1. The number of carbonyl (C=O) groups excluding carboxylic acids is 2. The van der Waals surface area contributed by atoms with Gasteiger partial charge < -0.3 is 20.1 Å². The van der Waals surface area contributed by atoms with Gasteiger partial charge in [-0.15, -0.1) is 0 Å². The standard InChI is InChI=1S/C27H34N2O5/c1-5-18(15-24(30)29(6-2)27(3,4)25(31)32)16-28-26(33)34-17-23-21-13-9-7-11-19(21)20-12-8-10-14-22(20)23/h7-14,18,23H,5-6,15-17H2,1-4H3,(H,28,33)(H,31,32). The van der Waals surface area contributed by atoms with E-state index in [-0.39, 0.29) is 37.3 Å². The Morgan fingerprint density at radius 2 is 1.59 bits per heavy atom. The van der Waals surface area contributed by atoms with Crippen molar-refractivity contribution in [1.29, 1.82) is 0 Å². The summed E-state index contributed by atoms with van der Waals surface area (Å²) in [5, 5.41) is 12.2. The summed E-state index contributed by atoms with van der Waals surface area (Å²) in [6.07, 6.45) is 0.302. The smallest absolute Gasteiger partial charge is 0.407 e. The minimum Gasteiger partial charge on any atom is -0.480 e. The molecule has 1 aliphatic rings. The molecule has 0 aromatic heterocycles. The minimum atomic E-state index is -1.29. The summed E-state index contributed by atoms with van der Waals surface area (Å²) < 4.78 is 5.57. The summed E-state index contributed by atoms with van der Waals surface area (Å²) >= 11 is 0. The first kappa shape index (κ1) is 25.3. The first-order chi connectivity index (χ1) is 16.2. The lowest BCUT2D eigenvalue weighted by atomic mass is 9.97. The molecular formula is C27H34N2O5. The number of amides is 2. The molecule has 7 heteroatoms. The van der Waals surface area contributed by atoms with Crippen LogP contribution < -0.4 is 5.32 Å². The zero-order valence-corrected chi connectivity index (χ0v) is 20.3. The second-order valence-corrected chi connectivity index (χ2v) is 9.19.